The molecule has 0 saturated heterocycles. The molecule has 2 heteroatoms. The van der Waals surface area contributed by atoms with Crippen molar-refractivity contribution in [3.8, 4) is 83.8 Å². The molecule has 1 aromatic heterocycles. The number of hydrogen-bond donors (Lipinski definition) is 0. The number of rotatable bonds is 5. The van der Waals surface area contributed by atoms with Crippen molar-refractivity contribution in [2.75, 3.05) is 0 Å². The summed E-state index contributed by atoms with van der Waals surface area (Å²) < 4.78 is 2.30. The van der Waals surface area contributed by atoms with Crippen LogP contribution in [0.25, 0.3) is 116 Å². The fourth-order valence-corrected chi connectivity index (χ4v) is 13.8. The molecule has 0 radical (unpaired) electrons. The van der Waals surface area contributed by atoms with Crippen LogP contribution in [-0.4, -0.2) is 9.55 Å². The van der Waals surface area contributed by atoms with E-state index in [4.69, 9.17) is 4.98 Å². The van der Waals surface area contributed by atoms with Gasteiger partial charge in [0.15, 0.2) is 0 Å². The van der Waals surface area contributed by atoms with Crippen LogP contribution in [-0.2, 0) is 16.2 Å². The van der Waals surface area contributed by atoms with E-state index >= 15 is 0 Å². The van der Waals surface area contributed by atoms with Crippen LogP contribution >= 0.6 is 0 Å². The third-order valence-corrected chi connectivity index (χ3v) is 17.6. The Labute approximate surface area is 433 Å². The number of benzene rings is 11. The highest BCUT2D eigenvalue weighted by atomic mass is 15.1. The number of para-hydroxylation sites is 3. The van der Waals surface area contributed by atoms with E-state index in [2.05, 4.69) is 264 Å². The monoisotopic (exact) mass is 946 g/mol. The molecule has 0 amide bonds. The van der Waals surface area contributed by atoms with Crippen molar-refractivity contribution in [1.29, 1.82) is 0 Å². The van der Waals surface area contributed by atoms with E-state index in [1.165, 1.54) is 116 Å². The maximum atomic E-state index is 5.30. The summed E-state index contributed by atoms with van der Waals surface area (Å²) in [4.78, 5) is 5.30. The van der Waals surface area contributed by atoms with Gasteiger partial charge in [-0.15, -0.1) is 0 Å². The van der Waals surface area contributed by atoms with Gasteiger partial charge in [0.25, 0.3) is 0 Å². The molecule has 352 valence electrons. The zero-order valence-corrected chi connectivity index (χ0v) is 42.7. The second kappa shape index (κ2) is 15.2. The first-order valence-electron chi connectivity index (χ1n) is 26.3. The van der Waals surface area contributed by atoms with Crippen LogP contribution in [0.1, 0.15) is 74.9 Å². The SMILES string of the molecule is CC1(C)c2ccccc2-c2ccc(-c3c4ccc(-c5cccc(-c6nc7ccccc7n6-c6ccccc6)c5)cc4c(-c4ccc5c(c4)C(C)(C)c4ccccc4-5)c4cc5c(cc34)-c3ccccc3C5(C)C)cc21. The average Bonchev–Trinajstić information content (AvgIpc) is 4.09. The number of imidazole rings is 1. The predicted octanol–water partition coefficient (Wildman–Crippen LogP) is 18.9. The molecule has 0 N–H and O–H groups in total. The number of aromatic nitrogens is 2. The van der Waals surface area contributed by atoms with Crippen LogP contribution in [0.3, 0.4) is 0 Å². The van der Waals surface area contributed by atoms with Crippen LogP contribution in [0, 0.1) is 0 Å². The van der Waals surface area contributed by atoms with Crippen molar-refractivity contribution in [3.63, 3.8) is 0 Å². The van der Waals surface area contributed by atoms with Gasteiger partial charge < -0.3 is 0 Å². The van der Waals surface area contributed by atoms with Crippen LogP contribution in [0.5, 0.6) is 0 Å². The Balaban J connectivity index is 1.03. The quantitative estimate of drug-likeness (QED) is 0.157. The molecule has 11 aromatic carbocycles. The minimum atomic E-state index is -0.185. The normalized spacial score (nSPS) is 14.9. The van der Waals surface area contributed by atoms with E-state index in [1.54, 1.807) is 0 Å². The minimum Gasteiger partial charge on any atom is -0.292 e. The molecule has 0 atom stereocenters. The molecule has 0 bridgehead atoms. The van der Waals surface area contributed by atoms with Crippen molar-refractivity contribution >= 4 is 32.6 Å². The van der Waals surface area contributed by atoms with Crippen molar-refractivity contribution in [3.05, 3.63) is 252 Å². The molecule has 0 aliphatic heterocycles. The fourth-order valence-electron chi connectivity index (χ4n) is 13.8. The molecular weight excluding hydrogens is 893 g/mol. The van der Waals surface area contributed by atoms with E-state index in [-0.39, 0.29) is 16.2 Å². The van der Waals surface area contributed by atoms with E-state index < -0.39 is 0 Å². The van der Waals surface area contributed by atoms with Gasteiger partial charge >= 0.3 is 0 Å². The lowest BCUT2D eigenvalue weighted by Crippen LogP contribution is -2.15. The van der Waals surface area contributed by atoms with E-state index in [0.717, 1.165) is 33.7 Å². The fraction of sp³-hybridized carbons (Fsp3) is 0.125. The lowest BCUT2D eigenvalue weighted by Gasteiger charge is -2.26. The van der Waals surface area contributed by atoms with Crippen LogP contribution in [0.4, 0.5) is 0 Å². The van der Waals surface area contributed by atoms with E-state index in [9.17, 15) is 0 Å². The summed E-state index contributed by atoms with van der Waals surface area (Å²) in [6.45, 7) is 14.4. The molecule has 0 spiro atoms. The van der Waals surface area contributed by atoms with Crippen molar-refractivity contribution in [1.82, 2.24) is 9.55 Å². The zero-order chi connectivity index (χ0) is 49.8. The van der Waals surface area contributed by atoms with Gasteiger partial charge in [0.1, 0.15) is 5.82 Å². The smallest absolute Gasteiger partial charge is 0.145 e. The van der Waals surface area contributed by atoms with Gasteiger partial charge in [0.2, 0.25) is 0 Å². The third-order valence-electron chi connectivity index (χ3n) is 17.6. The van der Waals surface area contributed by atoms with Crippen molar-refractivity contribution in [2.24, 2.45) is 0 Å². The summed E-state index contributed by atoms with van der Waals surface area (Å²) in [6, 6.07) is 82.3. The van der Waals surface area contributed by atoms with Gasteiger partial charge in [-0.25, -0.2) is 4.98 Å². The number of fused-ring (bicyclic) bond motifs is 12. The standard InChI is InChI=1S/C72H54N2/c1-70(2)59-26-13-10-23-49(59)52-34-32-45(39-62(52)70)67-54-36-31-44(43-19-18-20-47(37-43)69-73-65-29-16-17-30-66(65)74(69)48-21-8-7-9-22-48)38-56(54)68(46-33-35-53-50-24-11-14-27-60(50)71(3,4)63(53)40-46)58-42-64-55(41-57(58)67)51-25-12-15-28-61(51)72(64,5)6/h7-42H,1-6H3. The molecule has 2 nitrogen and oxygen atoms in total. The zero-order valence-electron chi connectivity index (χ0n) is 42.7. The Morgan fingerprint density at radius 1 is 0.297 bits per heavy atom. The lowest BCUT2D eigenvalue weighted by molar-refractivity contribution is 0.660. The molecule has 12 aromatic rings. The molecule has 74 heavy (non-hydrogen) atoms. The van der Waals surface area contributed by atoms with Crippen LogP contribution < -0.4 is 0 Å². The van der Waals surface area contributed by atoms with Gasteiger partial charge in [0, 0.05) is 27.5 Å². The molecule has 0 unspecified atom stereocenters. The Morgan fingerprint density at radius 3 is 1.39 bits per heavy atom. The first-order valence-corrected chi connectivity index (χ1v) is 26.3. The Morgan fingerprint density at radius 2 is 0.757 bits per heavy atom. The maximum absolute atomic E-state index is 5.30. The Kier molecular flexibility index (Phi) is 8.86. The molecule has 3 aliphatic carbocycles. The molecule has 0 fully saturated rings. The second-order valence-electron chi connectivity index (χ2n) is 22.7. The highest BCUT2D eigenvalue weighted by Gasteiger charge is 2.39. The minimum absolute atomic E-state index is 0.147. The van der Waals surface area contributed by atoms with Gasteiger partial charge in [0.05, 0.1) is 11.0 Å². The topological polar surface area (TPSA) is 17.8 Å². The first-order chi connectivity index (χ1) is 36.0. The highest BCUT2D eigenvalue weighted by molar-refractivity contribution is 6.23. The lowest BCUT2D eigenvalue weighted by atomic mass is 9.77. The summed E-state index contributed by atoms with van der Waals surface area (Å²) in [5.74, 6) is 0.926. The third kappa shape index (κ3) is 5.91. The summed E-state index contributed by atoms with van der Waals surface area (Å²) >= 11 is 0. The average molecular weight is 947 g/mol. The number of hydrogen-bond acceptors (Lipinski definition) is 1. The maximum Gasteiger partial charge on any atom is 0.145 e. The number of nitrogens with zero attached hydrogens (tertiary/aromatic N) is 2. The van der Waals surface area contributed by atoms with E-state index in [1.807, 2.05) is 0 Å². The molecule has 1 heterocycles. The van der Waals surface area contributed by atoms with E-state index in [0.29, 0.717) is 0 Å². The Hall–Kier alpha value is -8.59. The predicted molar refractivity (Wildman–Crippen MR) is 311 cm³/mol. The van der Waals surface area contributed by atoms with Gasteiger partial charge in [-0.3, -0.25) is 4.57 Å². The van der Waals surface area contributed by atoms with Gasteiger partial charge in [-0.2, -0.15) is 0 Å². The largest absolute Gasteiger partial charge is 0.292 e. The first kappa shape index (κ1) is 43.0. The van der Waals surface area contributed by atoms with Crippen molar-refractivity contribution in [2.45, 2.75) is 57.8 Å². The summed E-state index contributed by atoms with van der Waals surface area (Å²) in [7, 11) is 0. The van der Waals surface area contributed by atoms with Crippen LogP contribution in [0.15, 0.2) is 218 Å². The van der Waals surface area contributed by atoms with Gasteiger partial charge in [-0.1, -0.05) is 199 Å². The molecule has 15 rings (SSSR count). The van der Waals surface area contributed by atoms with Crippen LogP contribution in [0.2, 0.25) is 0 Å². The van der Waals surface area contributed by atoms with Crippen molar-refractivity contribution < 1.29 is 0 Å². The molecule has 3 aliphatic rings. The summed E-state index contributed by atoms with van der Waals surface area (Å²) in [5.41, 5.74) is 27.4. The molecule has 0 saturated carbocycles. The van der Waals surface area contributed by atoms with Gasteiger partial charge in [-0.05, 0) is 182 Å². The second-order valence-corrected chi connectivity index (χ2v) is 22.7. The summed E-state index contributed by atoms with van der Waals surface area (Å²) in [6.07, 6.45) is 0. The highest BCUT2D eigenvalue weighted by Crippen LogP contribution is 2.57. The summed E-state index contributed by atoms with van der Waals surface area (Å²) in [5, 5.41) is 5.06. The molecular formula is C72H54N2. The Bertz CT molecular complexity index is 4390.